The second-order valence-corrected chi connectivity index (χ2v) is 5.69. The van der Waals surface area contributed by atoms with Crippen LogP contribution in [0.2, 0.25) is 10.0 Å². The molecule has 1 aromatic carbocycles. The lowest BCUT2D eigenvalue weighted by molar-refractivity contribution is 0.605. The highest BCUT2D eigenvalue weighted by Crippen LogP contribution is 2.39. The Morgan fingerprint density at radius 2 is 1.86 bits per heavy atom. The minimum Gasteiger partial charge on any atom is -0.219 e. The fourth-order valence-corrected chi connectivity index (χ4v) is 3.88. The third-order valence-corrected chi connectivity index (χ3v) is 4.35. The molecule has 0 bridgehead atoms. The second kappa shape index (κ2) is 2.99. The number of sulfone groups is 1. The summed E-state index contributed by atoms with van der Waals surface area (Å²) in [5.74, 6) is 0. The number of rotatable bonds is 0. The molecule has 0 aromatic heterocycles. The molecule has 2 rings (SSSR count). The molecule has 5 heteroatoms. The third kappa shape index (κ3) is 1.36. The molecule has 0 fully saturated rings. The van der Waals surface area contributed by atoms with E-state index in [4.69, 9.17) is 23.2 Å². The Balaban J connectivity index is 2.90. The van der Waals surface area contributed by atoms with E-state index in [1.165, 1.54) is 11.5 Å². The van der Waals surface area contributed by atoms with Gasteiger partial charge < -0.3 is 0 Å². The van der Waals surface area contributed by atoms with Crippen molar-refractivity contribution in [1.29, 1.82) is 0 Å². The van der Waals surface area contributed by atoms with Gasteiger partial charge in [-0.05, 0) is 24.6 Å². The van der Waals surface area contributed by atoms with Crippen LogP contribution in [0, 0.1) is 0 Å². The van der Waals surface area contributed by atoms with Gasteiger partial charge in [0.2, 0.25) is 9.84 Å². The van der Waals surface area contributed by atoms with Crippen molar-refractivity contribution in [2.75, 3.05) is 0 Å². The monoisotopic (exact) mass is 248 g/mol. The van der Waals surface area contributed by atoms with Gasteiger partial charge in [0.15, 0.2) is 0 Å². The van der Waals surface area contributed by atoms with Gasteiger partial charge in [0.1, 0.15) is 0 Å². The van der Waals surface area contributed by atoms with Gasteiger partial charge in [-0.15, -0.1) is 0 Å². The quantitative estimate of drug-likeness (QED) is 0.707. The smallest absolute Gasteiger partial charge is 0.202 e. The highest BCUT2D eigenvalue weighted by molar-refractivity contribution is 7.95. The molecule has 0 N–H and O–H groups in total. The molecule has 1 aromatic rings. The van der Waals surface area contributed by atoms with Gasteiger partial charge in [-0.2, -0.15) is 0 Å². The summed E-state index contributed by atoms with van der Waals surface area (Å²) >= 11 is 11.6. The average Bonchev–Trinajstić information content (AvgIpc) is 2.21. The molecule has 2 nitrogen and oxygen atoms in total. The van der Waals surface area contributed by atoms with Crippen LogP contribution in [0.25, 0.3) is 5.57 Å². The van der Waals surface area contributed by atoms with E-state index in [9.17, 15) is 8.42 Å². The molecule has 0 spiro atoms. The Labute approximate surface area is 92.1 Å². The van der Waals surface area contributed by atoms with Crippen molar-refractivity contribution in [1.82, 2.24) is 0 Å². The largest absolute Gasteiger partial charge is 0.219 e. The molecule has 1 aliphatic rings. The zero-order chi connectivity index (χ0) is 10.5. The van der Waals surface area contributed by atoms with E-state index >= 15 is 0 Å². The van der Waals surface area contributed by atoms with Crippen molar-refractivity contribution in [2.24, 2.45) is 0 Å². The molecular formula is C9H6Cl2O2S. The van der Waals surface area contributed by atoms with E-state index in [2.05, 4.69) is 0 Å². The maximum absolute atomic E-state index is 11.6. The Bertz CT molecular complexity index is 544. The normalized spacial score (nSPS) is 17.8. The van der Waals surface area contributed by atoms with Crippen molar-refractivity contribution in [3.8, 4) is 0 Å². The number of allylic oxidation sites excluding steroid dienone is 1. The summed E-state index contributed by atoms with van der Waals surface area (Å²) in [6.45, 7) is 1.72. The Kier molecular flexibility index (Phi) is 2.14. The van der Waals surface area contributed by atoms with E-state index in [-0.39, 0.29) is 9.92 Å². The predicted molar refractivity (Wildman–Crippen MR) is 57.3 cm³/mol. The molecule has 0 saturated heterocycles. The minimum atomic E-state index is -3.35. The number of hydrogen-bond acceptors (Lipinski definition) is 2. The van der Waals surface area contributed by atoms with E-state index in [0.717, 1.165) is 0 Å². The van der Waals surface area contributed by atoms with E-state index < -0.39 is 9.84 Å². The molecule has 1 aliphatic heterocycles. The highest BCUT2D eigenvalue weighted by atomic mass is 35.5. The van der Waals surface area contributed by atoms with Gasteiger partial charge in [0.05, 0.1) is 9.92 Å². The lowest BCUT2D eigenvalue weighted by Gasteiger charge is -2.03. The van der Waals surface area contributed by atoms with Crippen LogP contribution in [0.3, 0.4) is 0 Å². The topological polar surface area (TPSA) is 34.1 Å². The molecule has 0 saturated carbocycles. The lowest BCUT2D eigenvalue weighted by atomic mass is 10.1. The first-order chi connectivity index (χ1) is 6.42. The molecule has 1 heterocycles. The third-order valence-electron chi connectivity index (χ3n) is 2.05. The average molecular weight is 249 g/mol. The van der Waals surface area contributed by atoms with Gasteiger partial charge in [0, 0.05) is 16.0 Å². The first kappa shape index (κ1) is 10.0. The second-order valence-electron chi connectivity index (χ2n) is 3.11. The van der Waals surface area contributed by atoms with Crippen LogP contribution in [0.5, 0.6) is 0 Å². The van der Waals surface area contributed by atoms with Crippen molar-refractivity contribution in [3.63, 3.8) is 0 Å². The van der Waals surface area contributed by atoms with Crippen molar-refractivity contribution >= 4 is 38.6 Å². The van der Waals surface area contributed by atoms with E-state index in [1.807, 2.05) is 0 Å². The van der Waals surface area contributed by atoms with Gasteiger partial charge in [0.25, 0.3) is 0 Å². The maximum Gasteiger partial charge on any atom is 0.202 e. The highest BCUT2D eigenvalue weighted by Gasteiger charge is 2.27. The molecule has 0 amide bonds. The van der Waals surface area contributed by atoms with Crippen LogP contribution in [-0.2, 0) is 9.84 Å². The lowest BCUT2D eigenvalue weighted by Crippen LogP contribution is -1.94. The molecule has 74 valence electrons. The molecule has 14 heavy (non-hydrogen) atoms. The summed E-state index contributed by atoms with van der Waals surface area (Å²) in [5.41, 5.74) is 1.27. The molecule has 0 atom stereocenters. The van der Waals surface area contributed by atoms with Crippen molar-refractivity contribution in [2.45, 2.75) is 11.8 Å². The van der Waals surface area contributed by atoms with Crippen LogP contribution in [0.4, 0.5) is 0 Å². The molecule has 0 aliphatic carbocycles. The van der Waals surface area contributed by atoms with E-state index in [0.29, 0.717) is 16.2 Å². The summed E-state index contributed by atoms with van der Waals surface area (Å²) in [6, 6.07) is 3.05. The Hall–Kier alpha value is -0.510. The van der Waals surface area contributed by atoms with Crippen molar-refractivity contribution in [3.05, 3.63) is 33.1 Å². The number of halogens is 2. The Morgan fingerprint density at radius 3 is 2.50 bits per heavy atom. The van der Waals surface area contributed by atoms with Gasteiger partial charge >= 0.3 is 0 Å². The van der Waals surface area contributed by atoms with Crippen LogP contribution in [0.1, 0.15) is 12.5 Å². The summed E-state index contributed by atoms with van der Waals surface area (Å²) in [6.07, 6.45) is 0. The fourth-order valence-electron chi connectivity index (χ4n) is 1.50. The standard InChI is InChI=1S/C9H6Cl2O2S/c1-5-4-14(12,13)9-7(5)2-6(10)3-8(9)11/h2-4H,1H3. The first-order valence-corrected chi connectivity index (χ1v) is 6.15. The number of fused-ring (bicyclic) bond motifs is 1. The zero-order valence-electron chi connectivity index (χ0n) is 7.21. The van der Waals surface area contributed by atoms with Gasteiger partial charge in [-0.1, -0.05) is 23.2 Å². The molecule has 0 unspecified atom stereocenters. The summed E-state index contributed by atoms with van der Waals surface area (Å²) in [4.78, 5) is 0.168. The van der Waals surface area contributed by atoms with Gasteiger partial charge in [-0.3, -0.25) is 0 Å². The van der Waals surface area contributed by atoms with Crippen LogP contribution in [-0.4, -0.2) is 8.42 Å². The first-order valence-electron chi connectivity index (χ1n) is 3.84. The van der Waals surface area contributed by atoms with Crippen LogP contribution in [0.15, 0.2) is 22.4 Å². The minimum absolute atomic E-state index is 0.168. The summed E-state index contributed by atoms with van der Waals surface area (Å²) < 4.78 is 23.2. The number of hydrogen-bond donors (Lipinski definition) is 0. The van der Waals surface area contributed by atoms with Gasteiger partial charge in [-0.25, -0.2) is 8.42 Å². The van der Waals surface area contributed by atoms with Crippen LogP contribution < -0.4 is 0 Å². The maximum atomic E-state index is 11.6. The SMILES string of the molecule is CC1=CS(=O)(=O)c2c(Cl)cc(Cl)cc21. The van der Waals surface area contributed by atoms with Crippen molar-refractivity contribution < 1.29 is 8.42 Å². The summed E-state index contributed by atoms with van der Waals surface area (Å²) in [5, 5.41) is 1.83. The predicted octanol–water partition coefficient (Wildman–Crippen LogP) is 3.14. The van der Waals surface area contributed by atoms with Crippen LogP contribution >= 0.6 is 23.2 Å². The number of benzene rings is 1. The Morgan fingerprint density at radius 1 is 1.21 bits per heavy atom. The summed E-state index contributed by atoms with van der Waals surface area (Å²) in [7, 11) is -3.35. The zero-order valence-corrected chi connectivity index (χ0v) is 9.54. The van der Waals surface area contributed by atoms with E-state index in [1.54, 1.807) is 13.0 Å². The molecular weight excluding hydrogens is 243 g/mol. The fraction of sp³-hybridized carbons (Fsp3) is 0.111. The molecule has 0 radical (unpaired) electrons.